The first-order valence-electron chi connectivity index (χ1n) is 7.37. The van der Waals surface area contributed by atoms with E-state index in [-0.39, 0.29) is 12.1 Å². The lowest BCUT2D eigenvalue weighted by atomic mass is 9.96. The molecule has 3 nitrogen and oxygen atoms in total. The molecule has 1 heterocycles. The summed E-state index contributed by atoms with van der Waals surface area (Å²) in [6.45, 7) is 4.93. The van der Waals surface area contributed by atoms with Crippen molar-refractivity contribution >= 4 is 15.9 Å². The minimum Gasteiger partial charge on any atom is -0.381 e. The van der Waals surface area contributed by atoms with Crippen molar-refractivity contribution in [1.29, 1.82) is 0 Å². The minimum absolute atomic E-state index is 0.0961. The molecule has 1 saturated heterocycles. The molecular weight excluding hydrogens is 316 g/mol. The van der Waals surface area contributed by atoms with Crippen molar-refractivity contribution < 1.29 is 4.74 Å². The molecule has 0 saturated carbocycles. The lowest BCUT2D eigenvalue weighted by molar-refractivity contribution is 0.0344. The van der Waals surface area contributed by atoms with Gasteiger partial charge in [0.2, 0.25) is 0 Å². The second-order valence-corrected chi connectivity index (χ2v) is 6.80. The molecule has 0 radical (unpaired) electrons. The van der Waals surface area contributed by atoms with Crippen LogP contribution < -0.4 is 5.73 Å². The van der Waals surface area contributed by atoms with Gasteiger partial charge in [0.25, 0.3) is 0 Å². The van der Waals surface area contributed by atoms with Gasteiger partial charge in [-0.25, -0.2) is 0 Å². The number of rotatable bonds is 5. The molecule has 1 aromatic rings. The molecule has 0 bridgehead atoms. The maximum atomic E-state index is 6.24. The molecule has 4 heteroatoms. The van der Waals surface area contributed by atoms with E-state index in [0.29, 0.717) is 5.92 Å². The zero-order valence-electron chi connectivity index (χ0n) is 12.4. The molecule has 3 unspecified atom stereocenters. The third-order valence-corrected chi connectivity index (χ3v) is 4.46. The van der Waals surface area contributed by atoms with Gasteiger partial charge in [-0.05, 0) is 50.4 Å². The third kappa shape index (κ3) is 4.29. The number of nitrogens with two attached hydrogens (primary N) is 1. The summed E-state index contributed by atoms with van der Waals surface area (Å²) in [5.41, 5.74) is 7.51. The maximum absolute atomic E-state index is 6.24. The molecule has 2 rings (SSSR count). The van der Waals surface area contributed by atoms with Crippen molar-refractivity contribution in [1.82, 2.24) is 4.90 Å². The van der Waals surface area contributed by atoms with Gasteiger partial charge >= 0.3 is 0 Å². The summed E-state index contributed by atoms with van der Waals surface area (Å²) < 4.78 is 6.69. The number of likely N-dealkylation sites (N-methyl/N-ethyl adjacent to an activating group) is 1. The van der Waals surface area contributed by atoms with Gasteiger partial charge in [0.15, 0.2) is 0 Å². The number of benzene rings is 1. The standard InChI is InChI=1S/C16H25BrN2O/c1-12(18)16(14-6-3-7-15(17)9-14)19(2)10-13-5-4-8-20-11-13/h3,6-7,9,12-13,16H,4-5,8,10-11,18H2,1-2H3. The van der Waals surface area contributed by atoms with Crippen molar-refractivity contribution in [2.24, 2.45) is 11.7 Å². The van der Waals surface area contributed by atoms with Crippen molar-refractivity contribution in [2.45, 2.75) is 31.8 Å². The van der Waals surface area contributed by atoms with E-state index in [2.05, 4.69) is 59.1 Å². The molecule has 20 heavy (non-hydrogen) atoms. The van der Waals surface area contributed by atoms with E-state index < -0.39 is 0 Å². The van der Waals surface area contributed by atoms with Crippen LogP contribution in [0.25, 0.3) is 0 Å². The smallest absolute Gasteiger partial charge is 0.0506 e. The number of nitrogens with zero attached hydrogens (tertiary/aromatic N) is 1. The Morgan fingerprint density at radius 1 is 1.50 bits per heavy atom. The summed E-state index contributed by atoms with van der Waals surface area (Å²) in [7, 11) is 2.17. The van der Waals surface area contributed by atoms with Crippen LogP contribution in [0.3, 0.4) is 0 Å². The quantitative estimate of drug-likeness (QED) is 0.894. The monoisotopic (exact) mass is 340 g/mol. The number of ether oxygens (including phenoxy) is 1. The van der Waals surface area contributed by atoms with E-state index in [0.717, 1.165) is 24.2 Å². The molecule has 112 valence electrons. The fourth-order valence-electron chi connectivity index (χ4n) is 3.12. The van der Waals surface area contributed by atoms with Gasteiger partial charge in [-0.3, -0.25) is 4.90 Å². The third-order valence-electron chi connectivity index (χ3n) is 3.96. The Bertz CT molecular complexity index is 419. The Kier molecular flexibility index (Phi) is 6.02. The molecule has 0 amide bonds. The van der Waals surface area contributed by atoms with E-state index in [1.807, 2.05) is 0 Å². The highest BCUT2D eigenvalue weighted by Crippen LogP contribution is 2.27. The molecule has 1 aliphatic rings. The summed E-state index contributed by atoms with van der Waals surface area (Å²) in [4.78, 5) is 2.38. The second kappa shape index (κ2) is 7.55. The van der Waals surface area contributed by atoms with Crippen molar-refractivity contribution in [3.63, 3.8) is 0 Å². The lowest BCUT2D eigenvalue weighted by Crippen LogP contribution is -2.41. The molecule has 2 N–H and O–H groups in total. The van der Waals surface area contributed by atoms with Crippen LogP contribution in [0.4, 0.5) is 0 Å². The molecule has 0 spiro atoms. The van der Waals surface area contributed by atoms with E-state index in [9.17, 15) is 0 Å². The van der Waals surface area contributed by atoms with Gasteiger partial charge in [0, 0.05) is 29.7 Å². The normalized spacial score (nSPS) is 22.8. The van der Waals surface area contributed by atoms with E-state index in [4.69, 9.17) is 10.5 Å². The Morgan fingerprint density at radius 2 is 2.30 bits per heavy atom. The summed E-state index contributed by atoms with van der Waals surface area (Å²) in [5.74, 6) is 0.627. The van der Waals surface area contributed by atoms with Crippen LogP contribution in [0.1, 0.15) is 31.4 Å². The molecule has 1 aliphatic heterocycles. The first-order valence-corrected chi connectivity index (χ1v) is 8.16. The minimum atomic E-state index is 0.0961. The zero-order chi connectivity index (χ0) is 14.5. The fourth-order valence-corrected chi connectivity index (χ4v) is 3.54. The SMILES string of the molecule is CC(N)C(c1cccc(Br)c1)N(C)CC1CCCOC1. The first kappa shape index (κ1) is 16.0. The van der Waals surface area contributed by atoms with Crippen molar-refractivity contribution in [3.8, 4) is 0 Å². The predicted molar refractivity (Wildman–Crippen MR) is 86.7 cm³/mol. The van der Waals surface area contributed by atoms with Crippen molar-refractivity contribution in [3.05, 3.63) is 34.3 Å². The summed E-state index contributed by atoms with van der Waals surface area (Å²) in [6.07, 6.45) is 2.44. The van der Waals surface area contributed by atoms with E-state index in [1.165, 1.54) is 18.4 Å². The Balaban J connectivity index is 2.07. The van der Waals surface area contributed by atoms with Gasteiger partial charge in [0.1, 0.15) is 0 Å². The first-order chi connectivity index (χ1) is 9.58. The molecule has 1 aromatic carbocycles. The molecule has 1 fully saturated rings. The van der Waals surface area contributed by atoms with Gasteiger partial charge in [-0.15, -0.1) is 0 Å². The van der Waals surface area contributed by atoms with Crippen LogP contribution in [0, 0.1) is 5.92 Å². The fraction of sp³-hybridized carbons (Fsp3) is 0.625. The summed E-state index contributed by atoms with van der Waals surface area (Å²) in [6, 6.07) is 8.80. The Morgan fingerprint density at radius 3 is 2.90 bits per heavy atom. The zero-order valence-corrected chi connectivity index (χ0v) is 14.0. The van der Waals surface area contributed by atoms with Gasteiger partial charge in [-0.1, -0.05) is 28.1 Å². The molecule has 3 atom stereocenters. The largest absolute Gasteiger partial charge is 0.381 e. The van der Waals surface area contributed by atoms with Gasteiger partial charge in [-0.2, -0.15) is 0 Å². The van der Waals surface area contributed by atoms with Gasteiger partial charge < -0.3 is 10.5 Å². The topological polar surface area (TPSA) is 38.5 Å². The predicted octanol–water partition coefficient (Wildman–Crippen LogP) is 3.20. The van der Waals surface area contributed by atoms with Crippen LogP contribution in [0.5, 0.6) is 0 Å². The van der Waals surface area contributed by atoms with Crippen LogP contribution in [-0.2, 0) is 4.74 Å². The molecule has 0 aliphatic carbocycles. The molecular formula is C16H25BrN2O. The van der Waals surface area contributed by atoms with Crippen LogP contribution in [0.2, 0.25) is 0 Å². The lowest BCUT2D eigenvalue weighted by Gasteiger charge is -2.35. The Labute approximate surface area is 130 Å². The van der Waals surface area contributed by atoms with E-state index >= 15 is 0 Å². The average Bonchev–Trinajstić information content (AvgIpc) is 2.39. The maximum Gasteiger partial charge on any atom is 0.0506 e. The van der Waals surface area contributed by atoms with Crippen LogP contribution in [-0.4, -0.2) is 37.7 Å². The van der Waals surface area contributed by atoms with Crippen LogP contribution >= 0.6 is 15.9 Å². The van der Waals surface area contributed by atoms with Crippen molar-refractivity contribution in [2.75, 3.05) is 26.8 Å². The second-order valence-electron chi connectivity index (χ2n) is 5.88. The highest BCUT2D eigenvalue weighted by atomic mass is 79.9. The average molecular weight is 341 g/mol. The Hall–Kier alpha value is -0.420. The highest BCUT2D eigenvalue weighted by Gasteiger charge is 2.24. The van der Waals surface area contributed by atoms with Crippen LogP contribution in [0.15, 0.2) is 28.7 Å². The van der Waals surface area contributed by atoms with E-state index in [1.54, 1.807) is 0 Å². The summed E-state index contributed by atoms with van der Waals surface area (Å²) >= 11 is 3.55. The number of halogens is 1. The highest BCUT2D eigenvalue weighted by molar-refractivity contribution is 9.10. The van der Waals surface area contributed by atoms with Gasteiger partial charge in [0.05, 0.1) is 6.61 Å². The number of hydrogen-bond donors (Lipinski definition) is 1. The summed E-state index contributed by atoms with van der Waals surface area (Å²) in [5, 5.41) is 0. The molecule has 0 aromatic heterocycles. The number of hydrogen-bond acceptors (Lipinski definition) is 3.